The molecule has 2 heterocycles. The van der Waals surface area contributed by atoms with Gasteiger partial charge in [0.25, 0.3) is 17.7 Å². The van der Waals surface area contributed by atoms with Crippen LogP contribution >= 0.6 is 24.0 Å². The van der Waals surface area contributed by atoms with Crippen LogP contribution in [0, 0.1) is 0 Å². The number of allylic oxidation sites excluding steroid dienone is 2. The Morgan fingerprint density at radius 3 is 2.33 bits per heavy atom. The number of barbiturate groups is 1. The van der Waals surface area contributed by atoms with E-state index in [4.69, 9.17) is 12.2 Å². The van der Waals surface area contributed by atoms with E-state index >= 15 is 0 Å². The summed E-state index contributed by atoms with van der Waals surface area (Å²) < 4.78 is 0.184. The van der Waals surface area contributed by atoms with Gasteiger partial charge >= 0.3 is 6.03 Å². The number of urea groups is 1. The third kappa shape index (κ3) is 4.21. The molecule has 0 bridgehead atoms. The maximum absolute atomic E-state index is 12.6. The number of rotatable bonds is 3. The number of nitrogens with zero attached hydrogens (tertiary/aromatic N) is 1. The average molecular weight is 399 g/mol. The van der Waals surface area contributed by atoms with Crippen molar-refractivity contribution >= 4 is 58.1 Å². The molecule has 2 aliphatic rings. The second-order valence-corrected chi connectivity index (χ2v) is 7.31. The molecule has 5 amide bonds. The third-order valence-corrected chi connectivity index (χ3v) is 4.91. The van der Waals surface area contributed by atoms with Gasteiger partial charge in [-0.15, -0.1) is 0 Å². The Labute approximate surface area is 164 Å². The van der Waals surface area contributed by atoms with E-state index in [1.165, 1.54) is 0 Å². The van der Waals surface area contributed by atoms with Gasteiger partial charge in [-0.1, -0.05) is 60.4 Å². The predicted octanol–water partition coefficient (Wildman–Crippen LogP) is 2.08. The van der Waals surface area contributed by atoms with Crippen LogP contribution in [-0.4, -0.2) is 33.0 Å². The molecule has 1 aromatic rings. The summed E-state index contributed by atoms with van der Waals surface area (Å²) in [6.07, 6.45) is 4.65. The van der Waals surface area contributed by atoms with Gasteiger partial charge in [-0.25, -0.2) is 4.79 Å². The van der Waals surface area contributed by atoms with E-state index in [0.717, 1.165) is 34.0 Å². The molecule has 2 aliphatic heterocycles. The van der Waals surface area contributed by atoms with E-state index in [9.17, 15) is 19.2 Å². The van der Waals surface area contributed by atoms with Crippen LogP contribution in [0.2, 0.25) is 0 Å². The molecule has 0 aliphatic carbocycles. The molecule has 2 fully saturated rings. The summed E-state index contributed by atoms with van der Waals surface area (Å²) in [5, 5.41) is 3.89. The van der Waals surface area contributed by atoms with Crippen LogP contribution in [0.25, 0.3) is 6.08 Å². The number of hydrogen-bond donors (Lipinski definition) is 2. The lowest BCUT2D eigenvalue weighted by Crippen LogP contribution is -2.52. The number of thiocarbonyl (C=S) groups is 1. The first-order valence-electron chi connectivity index (χ1n) is 7.74. The van der Waals surface area contributed by atoms with Crippen molar-refractivity contribution in [1.29, 1.82) is 0 Å². The van der Waals surface area contributed by atoms with Gasteiger partial charge in [-0.2, -0.15) is 0 Å². The highest BCUT2D eigenvalue weighted by Gasteiger charge is 2.35. The van der Waals surface area contributed by atoms with Gasteiger partial charge in [0.1, 0.15) is 5.57 Å². The van der Waals surface area contributed by atoms with Gasteiger partial charge in [0.15, 0.2) is 4.32 Å². The second kappa shape index (κ2) is 7.68. The van der Waals surface area contributed by atoms with E-state index in [1.807, 2.05) is 54.0 Å². The van der Waals surface area contributed by atoms with Crippen LogP contribution in [0.5, 0.6) is 0 Å². The summed E-state index contributed by atoms with van der Waals surface area (Å²) in [7, 11) is 0. The Hall–Kier alpha value is -3.04. The van der Waals surface area contributed by atoms with Crippen molar-refractivity contribution in [1.82, 2.24) is 15.5 Å². The maximum Gasteiger partial charge on any atom is 0.328 e. The smallest absolute Gasteiger partial charge is 0.273 e. The number of amides is 5. The molecule has 9 heteroatoms. The SMILES string of the molecule is CC(=C/c1ccccc1)/C=C1/SC(=S)N(C=C2C(=O)NC(=O)NC2=O)C1=O. The Bertz CT molecular complexity index is 942. The highest BCUT2D eigenvalue weighted by Crippen LogP contribution is 2.32. The largest absolute Gasteiger partial charge is 0.328 e. The Morgan fingerprint density at radius 2 is 1.70 bits per heavy atom. The summed E-state index contributed by atoms with van der Waals surface area (Å²) >= 11 is 6.24. The zero-order valence-corrected chi connectivity index (χ0v) is 15.6. The van der Waals surface area contributed by atoms with Gasteiger partial charge in [-0.3, -0.25) is 29.9 Å². The van der Waals surface area contributed by atoms with Crippen LogP contribution < -0.4 is 10.6 Å². The highest BCUT2D eigenvalue weighted by molar-refractivity contribution is 8.26. The van der Waals surface area contributed by atoms with E-state index < -0.39 is 23.8 Å². The van der Waals surface area contributed by atoms with Crippen LogP contribution in [0.15, 0.2) is 58.7 Å². The first-order valence-corrected chi connectivity index (χ1v) is 8.96. The zero-order chi connectivity index (χ0) is 19.6. The summed E-state index contributed by atoms with van der Waals surface area (Å²) in [6.45, 7) is 1.85. The standard InChI is InChI=1S/C18H13N3O4S2/c1-10(7-11-5-3-2-4-6-11)8-13-16(24)21(18(26)27-13)9-12-14(22)19-17(25)20-15(12)23/h2-9H,1H3,(H2,19,20,22,23,25)/b10-7-,13-8+. The molecule has 3 rings (SSSR count). The van der Waals surface area contributed by atoms with E-state index in [1.54, 1.807) is 6.08 Å². The number of thioether (sulfide) groups is 1. The minimum absolute atomic E-state index is 0.184. The van der Waals surface area contributed by atoms with Crippen LogP contribution in [0.3, 0.4) is 0 Å². The minimum Gasteiger partial charge on any atom is -0.273 e. The van der Waals surface area contributed by atoms with Crippen molar-refractivity contribution in [3.05, 3.63) is 64.2 Å². The van der Waals surface area contributed by atoms with Gasteiger partial charge in [0.05, 0.1) is 4.91 Å². The molecule has 1 aromatic carbocycles. The number of benzene rings is 1. The molecule has 136 valence electrons. The topological polar surface area (TPSA) is 95.6 Å². The molecule has 27 heavy (non-hydrogen) atoms. The molecule has 0 radical (unpaired) electrons. The fraction of sp³-hybridized carbons (Fsp3) is 0.0556. The first kappa shape index (κ1) is 18.7. The lowest BCUT2D eigenvalue weighted by atomic mass is 10.1. The number of hydrogen-bond acceptors (Lipinski definition) is 6. The average Bonchev–Trinajstić information content (AvgIpc) is 2.85. The Balaban J connectivity index is 1.84. The molecule has 0 aromatic heterocycles. The summed E-state index contributed by atoms with van der Waals surface area (Å²) in [4.78, 5) is 48.7. The molecule has 0 unspecified atom stereocenters. The van der Waals surface area contributed by atoms with Crippen molar-refractivity contribution in [2.45, 2.75) is 6.92 Å². The second-order valence-electron chi connectivity index (χ2n) is 5.63. The van der Waals surface area contributed by atoms with Crippen molar-refractivity contribution < 1.29 is 19.2 Å². The van der Waals surface area contributed by atoms with Crippen molar-refractivity contribution in [2.75, 3.05) is 0 Å². The fourth-order valence-electron chi connectivity index (χ4n) is 2.37. The van der Waals surface area contributed by atoms with Crippen molar-refractivity contribution in [2.24, 2.45) is 0 Å². The van der Waals surface area contributed by atoms with Crippen molar-refractivity contribution in [3.63, 3.8) is 0 Å². The molecular formula is C18H13N3O4S2. The molecule has 2 saturated heterocycles. The normalized spacial score (nSPS) is 19.5. The number of carbonyl (C=O) groups is 4. The van der Waals surface area contributed by atoms with Crippen LogP contribution in [-0.2, 0) is 14.4 Å². The van der Waals surface area contributed by atoms with Crippen LogP contribution in [0.1, 0.15) is 12.5 Å². The summed E-state index contributed by atoms with van der Waals surface area (Å²) in [5.74, 6) is -2.22. The lowest BCUT2D eigenvalue weighted by Gasteiger charge is -2.16. The van der Waals surface area contributed by atoms with Gasteiger partial charge in [0, 0.05) is 6.20 Å². The molecule has 2 N–H and O–H groups in total. The summed E-state index contributed by atoms with van der Waals surface area (Å²) in [6, 6.07) is 8.71. The number of carbonyl (C=O) groups excluding carboxylic acids is 4. The molecular weight excluding hydrogens is 386 g/mol. The monoisotopic (exact) mass is 399 g/mol. The minimum atomic E-state index is -0.908. The maximum atomic E-state index is 12.6. The molecule has 0 atom stereocenters. The predicted molar refractivity (Wildman–Crippen MR) is 105 cm³/mol. The molecule has 7 nitrogen and oxygen atoms in total. The van der Waals surface area contributed by atoms with Crippen LogP contribution in [0.4, 0.5) is 4.79 Å². The van der Waals surface area contributed by atoms with E-state index in [0.29, 0.717) is 4.91 Å². The van der Waals surface area contributed by atoms with Crippen molar-refractivity contribution in [3.8, 4) is 0 Å². The Kier molecular flexibility index (Phi) is 5.33. The first-order chi connectivity index (χ1) is 12.8. The quantitative estimate of drug-likeness (QED) is 0.459. The Morgan fingerprint density at radius 1 is 1.07 bits per heavy atom. The molecule has 0 spiro atoms. The van der Waals surface area contributed by atoms with E-state index in [-0.39, 0.29) is 9.89 Å². The lowest BCUT2D eigenvalue weighted by molar-refractivity contribution is -0.124. The zero-order valence-electron chi connectivity index (χ0n) is 14.0. The number of imide groups is 2. The fourth-order valence-corrected chi connectivity index (χ4v) is 3.63. The number of nitrogens with one attached hydrogen (secondary N) is 2. The third-order valence-electron chi connectivity index (χ3n) is 3.58. The molecule has 0 saturated carbocycles. The van der Waals surface area contributed by atoms with Gasteiger partial charge < -0.3 is 0 Å². The van der Waals surface area contributed by atoms with Gasteiger partial charge in [0.2, 0.25) is 0 Å². The van der Waals surface area contributed by atoms with E-state index in [2.05, 4.69) is 0 Å². The summed E-state index contributed by atoms with van der Waals surface area (Å²) in [5.41, 5.74) is 1.46. The van der Waals surface area contributed by atoms with Gasteiger partial charge in [-0.05, 0) is 24.1 Å². The highest BCUT2D eigenvalue weighted by atomic mass is 32.2.